The third-order valence-corrected chi connectivity index (χ3v) is 6.96. The van der Waals surface area contributed by atoms with Gasteiger partial charge in [-0.1, -0.05) is 51.3 Å². The maximum absolute atomic E-state index is 14.1. The zero-order chi connectivity index (χ0) is 25.8. The van der Waals surface area contributed by atoms with Gasteiger partial charge in [0.15, 0.2) is 0 Å². The molecular formula is C26H19BrClFN2O4S. The first kappa shape index (κ1) is 25.9. The molecule has 184 valence electrons. The van der Waals surface area contributed by atoms with Gasteiger partial charge >= 0.3 is 0 Å². The molecule has 1 saturated heterocycles. The van der Waals surface area contributed by atoms with Crippen LogP contribution in [0.5, 0.6) is 5.75 Å². The van der Waals surface area contributed by atoms with Crippen LogP contribution in [0.3, 0.4) is 0 Å². The Balaban J connectivity index is 1.50. The van der Waals surface area contributed by atoms with E-state index < -0.39 is 29.4 Å². The topological polar surface area (TPSA) is 75.7 Å². The van der Waals surface area contributed by atoms with Crippen LogP contribution >= 0.6 is 39.3 Å². The molecule has 36 heavy (non-hydrogen) atoms. The monoisotopic (exact) mass is 588 g/mol. The van der Waals surface area contributed by atoms with Gasteiger partial charge in [0, 0.05) is 21.3 Å². The summed E-state index contributed by atoms with van der Waals surface area (Å²) in [7, 11) is 0. The Bertz CT molecular complexity index is 1360. The number of amides is 3. The van der Waals surface area contributed by atoms with E-state index >= 15 is 0 Å². The van der Waals surface area contributed by atoms with Crippen molar-refractivity contribution >= 4 is 68.1 Å². The van der Waals surface area contributed by atoms with Crippen LogP contribution in [0.1, 0.15) is 16.7 Å². The van der Waals surface area contributed by atoms with Crippen molar-refractivity contribution in [3.63, 3.8) is 0 Å². The van der Waals surface area contributed by atoms with Gasteiger partial charge in [-0.2, -0.15) is 0 Å². The normalized spacial score (nSPS) is 14.4. The van der Waals surface area contributed by atoms with Crippen LogP contribution in [0.4, 0.5) is 14.9 Å². The fourth-order valence-corrected chi connectivity index (χ4v) is 4.77. The van der Waals surface area contributed by atoms with Crippen LogP contribution in [-0.2, 0) is 16.2 Å². The summed E-state index contributed by atoms with van der Waals surface area (Å²) in [5.74, 6) is -1.21. The van der Waals surface area contributed by atoms with Gasteiger partial charge in [-0.15, -0.1) is 0 Å². The highest BCUT2D eigenvalue weighted by Crippen LogP contribution is 2.35. The lowest BCUT2D eigenvalue weighted by Crippen LogP contribution is -2.36. The van der Waals surface area contributed by atoms with Gasteiger partial charge in [0.1, 0.15) is 24.7 Å². The third kappa shape index (κ3) is 6.16. The fourth-order valence-electron chi connectivity index (χ4n) is 3.34. The van der Waals surface area contributed by atoms with E-state index in [9.17, 15) is 18.8 Å². The van der Waals surface area contributed by atoms with E-state index in [-0.39, 0.29) is 22.1 Å². The number of aryl methyl sites for hydroxylation is 1. The summed E-state index contributed by atoms with van der Waals surface area (Å²) in [6, 6.07) is 16.6. The van der Waals surface area contributed by atoms with E-state index in [1.54, 1.807) is 36.4 Å². The smallest absolute Gasteiger partial charge is 0.294 e. The standard InChI is InChI=1S/C26H19BrClFN2O4S/c1-15-5-8-18(9-6-15)30-24(32)13-31-25(33)23(36-26(31)34)12-16-11-17(27)7-10-22(16)35-14-19-20(28)3-2-4-21(19)29/h2-12H,13-14H2,1H3,(H,30,32)/b23-12-. The van der Waals surface area contributed by atoms with Gasteiger partial charge in [-0.05, 0) is 67.2 Å². The minimum Gasteiger partial charge on any atom is -0.488 e. The maximum Gasteiger partial charge on any atom is 0.294 e. The van der Waals surface area contributed by atoms with Crippen molar-refractivity contribution in [1.82, 2.24) is 4.90 Å². The molecule has 1 aliphatic rings. The van der Waals surface area contributed by atoms with Gasteiger partial charge in [0.2, 0.25) is 5.91 Å². The second-order valence-electron chi connectivity index (χ2n) is 7.85. The number of thioether (sulfide) groups is 1. The summed E-state index contributed by atoms with van der Waals surface area (Å²) in [5.41, 5.74) is 2.30. The van der Waals surface area contributed by atoms with Gasteiger partial charge in [0.05, 0.1) is 9.93 Å². The Morgan fingerprint density at radius 1 is 1.17 bits per heavy atom. The predicted molar refractivity (Wildman–Crippen MR) is 142 cm³/mol. The summed E-state index contributed by atoms with van der Waals surface area (Å²) >= 11 is 10.2. The molecule has 0 radical (unpaired) electrons. The van der Waals surface area contributed by atoms with Crippen molar-refractivity contribution in [1.29, 1.82) is 0 Å². The van der Waals surface area contributed by atoms with E-state index in [2.05, 4.69) is 21.2 Å². The second kappa shape index (κ2) is 11.3. The molecule has 3 aromatic carbocycles. The summed E-state index contributed by atoms with van der Waals surface area (Å²) in [6.45, 7) is 1.38. The SMILES string of the molecule is Cc1ccc(NC(=O)CN2C(=O)S/C(=C\c3cc(Br)ccc3OCc3c(F)cccc3Cl)C2=O)cc1. The van der Waals surface area contributed by atoms with Crippen molar-refractivity contribution in [3.8, 4) is 5.75 Å². The molecule has 0 bridgehead atoms. The average Bonchev–Trinajstić information content (AvgIpc) is 3.08. The number of anilines is 1. The zero-order valence-electron chi connectivity index (χ0n) is 18.9. The highest BCUT2D eigenvalue weighted by Gasteiger charge is 2.36. The van der Waals surface area contributed by atoms with Crippen LogP contribution < -0.4 is 10.1 Å². The molecular weight excluding hydrogens is 571 g/mol. The number of ether oxygens (including phenoxy) is 1. The van der Waals surface area contributed by atoms with Crippen molar-refractivity contribution in [2.75, 3.05) is 11.9 Å². The fraction of sp³-hybridized carbons (Fsp3) is 0.115. The molecule has 3 aromatic rings. The minimum absolute atomic E-state index is 0.130. The van der Waals surface area contributed by atoms with Crippen molar-refractivity contribution in [3.05, 3.63) is 97.6 Å². The molecule has 0 aliphatic carbocycles. The summed E-state index contributed by atoms with van der Waals surface area (Å²) < 4.78 is 20.6. The van der Waals surface area contributed by atoms with E-state index in [1.807, 2.05) is 19.1 Å². The van der Waals surface area contributed by atoms with Crippen LogP contribution in [0, 0.1) is 12.7 Å². The highest BCUT2D eigenvalue weighted by atomic mass is 79.9. The molecule has 0 aromatic heterocycles. The number of benzene rings is 3. The summed E-state index contributed by atoms with van der Waals surface area (Å²) in [5, 5.41) is 2.36. The van der Waals surface area contributed by atoms with Crippen LogP contribution in [0.2, 0.25) is 5.02 Å². The first-order valence-electron chi connectivity index (χ1n) is 10.7. The Kier molecular flexibility index (Phi) is 8.13. The Hall–Kier alpha value is -3.14. The van der Waals surface area contributed by atoms with E-state index in [0.29, 0.717) is 21.5 Å². The number of halogens is 3. The number of carbonyl (C=O) groups excluding carboxylic acids is 3. The lowest BCUT2D eigenvalue weighted by atomic mass is 10.1. The first-order chi connectivity index (χ1) is 17.2. The predicted octanol–water partition coefficient (Wildman–Crippen LogP) is 6.80. The number of rotatable bonds is 7. The van der Waals surface area contributed by atoms with E-state index in [1.165, 1.54) is 18.2 Å². The molecule has 3 amide bonds. The third-order valence-electron chi connectivity index (χ3n) is 5.20. The van der Waals surface area contributed by atoms with Gasteiger partial charge in [-0.25, -0.2) is 4.39 Å². The lowest BCUT2D eigenvalue weighted by molar-refractivity contribution is -0.127. The van der Waals surface area contributed by atoms with Crippen LogP contribution in [0.25, 0.3) is 6.08 Å². The van der Waals surface area contributed by atoms with Gasteiger partial charge < -0.3 is 10.1 Å². The number of hydrogen-bond acceptors (Lipinski definition) is 5. The molecule has 0 spiro atoms. The molecule has 4 rings (SSSR count). The van der Waals surface area contributed by atoms with Crippen molar-refractivity contribution in [2.45, 2.75) is 13.5 Å². The van der Waals surface area contributed by atoms with Crippen LogP contribution in [-0.4, -0.2) is 28.5 Å². The Labute approximate surface area is 224 Å². The molecule has 1 N–H and O–H groups in total. The Morgan fingerprint density at radius 2 is 1.92 bits per heavy atom. The lowest BCUT2D eigenvalue weighted by Gasteiger charge is -2.13. The quantitative estimate of drug-likeness (QED) is 0.307. The molecule has 0 saturated carbocycles. The molecule has 10 heteroatoms. The Morgan fingerprint density at radius 3 is 2.64 bits per heavy atom. The number of nitrogens with zero attached hydrogens (tertiary/aromatic N) is 1. The van der Waals surface area contributed by atoms with Crippen molar-refractivity contribution < 1.29 is 23.5 Å². The molecule has 1 aliphatic heterocycles. The zero-order valence-corrected chi connectivity index (χ0v) is 22.0. The number of hydrogen-bond donors (Lipinski definition) is 1. The van der Waals surface area contributed by atoms with E-state index in [0.717, 1.165) is 22.2 Å². The largest absolute Gasteiger partial charge is 0.488 e. The van der Waals surface area contributed by atoms with Crippen molar-refractivity contribution in [2.24, 2.45) is 0 Å². The van der Waals surface area contributed by atoms with Gasteiger partial charge in [-0.3, -0.25) is 19.3 Å². The van der Waals surface area contributed by atoms with Gasteiger partial charge in [0.25, 0.3) is 11.1 Å². The molecule has 0 atom stereocenters. The summed E-state index contributed by atoms with van der Waals surface area (Å²) in [4.78, 5) is 38.9. The number of carbonyl (C=O) groups is 3. The van der Waals surface area contributed by atoms with Crippen LogP contribution in [0.15, 0.2) is 70.0 Å². The molecule has 1 fully saturated rings. The minimum atomic E-state index is -0.591. The number of imide groups is 1. The second-order valence-corrected chi connectivity index (χ2v) is 10.2. The average molecular weight is 590 g/mol. The van der Waals surface area contributed by atoms with E-state index in [4.69, 9.17) is 16.3 Å². The molecule has 6 nitrogen and oxygen atoms in total. The first-order valence-corrected chi connectivity index (χ1v) is 12.7. The molecule has 0 unspecified atom stereocenters. The highest BCUT2D eigenvalue weighted by molar-refractivity contribution is 9.10. The number of nitrogens with one attached hydrogen (secondary N) is 1. The summed E-state index contributed by atoms with van der Waals surface area (Å²) in [6.07, 6.45) is 1.51. The maximum atomic E-state index is 14.1. The molecule has 1 heterocycles.